The average molecular weight is 408 g/mol. The van der Waals surface area contributed by atoms with E-state index in [2.05, 4.69) is 9.05 Å². The molecule has 0 atom stereocenters. The maximum Gasteiger partial charge on any atom is 1.00 e. The molecule has 108 valence electrons. The number of fused-ring (bicyclic) bond motifs is 1. The summed E-state index contributed by atoms with van der Waals surface area (Å²) in [5, 5.41) is 0.935. The number of hydrogen-bond donors (Lipinski definition) is 0. The van der Waals surface area contributed by atoms with Crippen LogP contribution in [-0.4, -0.2) is 0 Å². The summed E-state index contributed by atoms with van der Waals surface area (Å²) in [5.41, 5.74) is 0. The minimum absolute atomic E-state index is 0. The number of phosphoric acid groups is 2. The minimum Gasteiger partial charge on any atom is -0.780 e. The van der Waals surface area contributed by atoms with Crippen molar-refractivity contribution >= 4 is 26.4 Å². The predicted octanol–water partition coefficient (Wildman–Crippen LogP) is -12.7. The Kier molecular flexibility index (Phi) is 16.9. The molecule has 0 aliphatic heterocycles. The quantitative estimate of drug-likeness (QED) is 0.358. The molecule has 14 heteroatoms. The molecule has 2 aromatic rings. The van der Waals surface area contributed by atoms with E-state index in [1.54, 1.807) is 0 Å². The van der Waals surface area contributed by atoms with Gasteiger partial charge in [-0.25, -0.2) is 0 Å². The van der Waals surface area contributed by atoms with E-state index in [0.29, 0.717) is 10.8 Å². The van der Waals surface area contributed by atoms with E-state index in [9.17, 15) is 28.7 Å². The van der Waals surface area contributed by atoms with Crippen LogP contribution < -0.4 is 147 Å². The fourth-order valence-electron chi connectivity index (χ4n) is 1.57. The van der Waals surface area contributed by atoms with E-state index < -0.39 is 15.6 Å². The third kappa shape index (κ3) is 11.4. The van der Waals surface area contributed by atoms with Crippen molar-refractivity contribution in [1.82, 2.24) is 0 Å². The summed E-state index contributed by atoms with van der Waals surface area (Å²) in [6.45, 7) is 0. The van der Waals surface area contributed by atoms with Crippen molar-refractivity contribution in [2.45, 2.75) is 0 Å². The first kappa shape index (κ1) is 31.3. The Bertz CT molecular complexity index is 683. The average Bonchev–Trinajstić information content (AvgIpc) is 2.25. The fourth-order valence-corrected chi connectivity index (χ4v) is 2.32. The molecule has 0 saturated carbocycles. The first-order chi connectivity index (χ1) is 9.12. The zero-order valence-corrected chi connectivity index (χ0v) is 23.4. The van der Waals surface area contributed by atoms with Crippen LogP contribution >= 0.6 is 15.6 Å². The van der Waals surface area contributed by atoms with Crippen LogP contribution in [0.25, 0.3) is 10.8 Å². The summed E-state index contributed by atoms with van der Waals surface area (Å²) in [7, 11) is -10.3. The molecule has 0 amide bonds. The van der Waals surface area contributed by atoms with E-state index in [1.807, 2.05) is 0 Å². The summed E-state index contributed by atoms with van der Waals surface area (Å²) in [6, 6.07) is 7.73. The number of benzene rings is 2. The van der Waals surface area contributed by atoms with Crippen LogP contribution in [0.2, 0.25) is 0 Å². The van der Waals surface area contributed by atoms with Gasteiger partial charge in [-0.3, -0.25) is 0 Å². The Labute approximate surface area is 226 Å². The van der Waals surface area contributed by atoms with Crippen LogP contribution in [0.4, 0.5) is 0 Å². The third-order valence-corrected chi connectivity index (χ3v) is 3.09. The van der Waals surface area contributed by atoms with Crippen molar-refractivity contribution in [3.63, 3.8) is 0 Å². The van der Waals surface area contributed by atoms with Gasteiger partial charge in [0.2, 0.25) is 0 Å². The summed E-state index contributed by atoms with van der Waals surface area (Å²) in [4.78, 5) is 41.9. The summed E-state index contributed by atoms with van der Waals surface area (Å²) < 4.78 is 29.3. The SMILES string of the molecule is O=P([O-])([O-])Oc1ccc2cc(OP(=O)([O-])[O-])ccc2c1.[Na+].[Na+].[Na+].[Na+]. The molecule has 2 aromatic carbocycles. The van der Waals surface area contributed by atoms with Gasteiger partial charge in [-0.05, 0) is 35.0 Å². The molecule has 0 fully saturated rings. The van der Waals surface area contributed by atoms with E-state index in [1.165, 1.54) is 36.4 Å². The van der Waals surface area contributed by atoms with Crippen LogP contribution in [-0.2, 0) is 9.13 Å². The largest absolute Gasteiger partial charge is 1.00 e. The van der Waals surface area contributed by atoms with Crippen molar-refractivity contribution in [2.24, 2.45) is 0 Å². The molecular weight excluding hydrogens is 402 g/mol. The summed E-state index contributed by atoms with van der Waals surface area (Å²) in [5.74, 6) is -0.337. The molecule has 0 aliphatic rings. The molecule has 2 rings (SSSR count). The number of phosphoric ester groups is 2. The zero-order valence-electron chi connectivity index (χ0n) is 13.6. The Morgan fingerprint density at radius 2 is 0.917 bits per heavy atom. The second-order valence-electron chi connectivity index (χ2n) is 3.75. The monoisotopic (exact) mass is 408 g/mol. The van der Waals surface area contributed by atoms with Gasteiger partial charge in [0.25, 0.3) is 0 Å². The van der Waals surface area contributed by atoms with Gasteiger partial charge in [0, 0.05) is 0 Å². The van der Waals surface area contributed by atoms with Crippen molar-refractivity contribution in [3.05, 3.63) is 36.4 Å². The summed E-state index contributed by atoms with van der Waals surface area (Å²) in [6.07, 6.45) is 0. The van der Waals surface area contributed by atoms with Crippen LogP contribution in [0.15, 0.2) is 36.4 Å². The summed E-state index contributed by atoms with van der Waals surface area (Å²) >= 11 is 0. The normalized spacial score (nSPS) is 10.3. The van der Waals surface area contributed by atoms with Crippen LogP contribution in [0.1, 0.15) is 0 Å². The zero-order chi connectivity index (χ0) is 15.0. The molecule has 24 heavy (non-hydrogen) atoms. The van der Waals surface area contributed by atoms with Gasteiger partial charge >= 0.3 is 118 Å². The van der Waals surface area contributed by atoms with Gasteiger partial charge < -0.3 is 37.8 Å². The molecule has 8 nitrogen and oxygen atoms in total. The Balaban J connectivity index is -0.00000110. The molecule has 0 saturated heterocycles. The van der Waals surface area contributed by atoms with Crippen molar-refractivity contribution in [1.29, 1.82) is 0 Å². The van der Waals surface area contributed by atoms with E-state index in [0.717, 1.165) is 0 Å². The number of hydrogen-bond acceptors (Lipinski definition) is 8. The minimum atomic E-state index is -5.15. The second kappa shape index (κ2) is 12.9. The smallest absolute Gasteiger partial charge is 0.780 e. The van der Waals surface area contributed by atoms with Crippen LogP contribution in [0.5, 0.6) is 11.5 Å². The number of rotatable bonds is 4. The molecule has 0 radical (unpaired) electrons. The first-order valence-electron chi connectivity index (χ1n) is 5.09. The second-order valence-corrected chi connectivity index (χ2v) is 5.90. The van der Waals surface area contributed by atoms with E-state index in [4.69, 9.17) is 0 Å². The van der Waals surface area contributed by atoms with Gasteiger partial charge in [-0.2, -0.15) is 0 Å². The predicted molar refractivity (Wildman–Crippen MR) is 60.4 cm³/mol. The van der Waals surface area contributed by atoms with Crippen LogP contribution in [0.3, 0.4) is 0 Å². The maximum atomic E-state index is 10.5. The third-order valence-electron chi connectivity index (χ3n) is 2.22. The van der Waals surface area contributed by atoms with Crippen molar-refractivity contribution < 1.29 is 156 Å². The first-order valence-corrected chi connectivity index (χ1v) is 8.02. The van der Waals surface area contributed by atoms with Gasteiger partial charge in [0.05, 0.1) is 0 Å². The standard InChI is InChI=1S/C10H10O8P2.4Na/c11-19(12,13)17-9-3-1-7-5-10(18-20(14,15)16)4-2-8(7)6-9;;;;/h1-6H,(H2,11,12,13)(H2,14,15,16);;;;/q;4*+1/p-4. The Morgan fingerprint density at radius 3 is 1.17 bits per heavy atom. The molecule has 0 bridgehead atoms. The molecule has 0 aliphatic carbocycles. The van der Waals surface area contributed by atoms with Gasteiger partial charge in [0.15, 0.2) is 0 Å². The van der Waals surface area contributed by atoms with Crippen molar-refractivity contribution in [3.8, 4) is 11.5 Å². The van der Waals surface area contributed by atoms with Gasteiger partial charge in [0.1, 0.15) is 27.1 Å². The molecule has 0 heterocycles. The van der Waals surface area contributed by atoms with Gasteiger partial charge in [-0.15, -0.1) is 0 Å². The topological polar surface area (TPSA) is 145 Å². The Morgan fingerprint density at radius 1 is 0.625 bits per heavy atom. The molecule has 0 unspecified atom stereocenters. The van der Waals surface area contributed by atoms with Gasteiger partial charge in [-0.1, -0.05) is 12.1 Å². The van der Waals surface area contributed by atoms with Crippen LogP contribution in [0, 0.1) is 0 Å². The molecule has 0 N–H and O–H groups in total. The van der Waals surface area contributed by atoms with E-state index >= 15 is 0 Å². The van der Waals surface area contributed by atoms with Crippen molar-refractivity contribution in [2.75, 3.05) is 0 Å². The Hall–Kier alpha value is 2.60. The van der Waals surface area contributed by atoms with E-state index in [-0.39, 0.29) is 130 Å². The fraction of sp³-hybridized carbons (Fsp3) is 0. The maximum absolute atomic E-state index is 10.5. The molecular formula is C10H6Na4O8P2. The molecule has 0 aromatic heterocycles. The molecule has 0 spiro atoms.